The number of piperidine rings is 1. The number of hydrogen-bond acceptors (Lipinski definition) is 3. The van der Waals surface area contributed by atoms with Gasteiger partial charge in [0, 0.05) is 36.6 Å². The second kappa shape index (κ2) is 4.94. The predicted molar refractivity (Wildman–Crippen MR) is 85.1 cm³/mol. The minimum absolute atomic E-state index is 0.0321. The predicted octanol–water partition coefficient (Wildman–Crippen LogP) is 2.64. The summed E-state index contributed by atoms with van der Waals surface area (Å²) in [5.74, 6) is 2.56. The largest absolute Gasteiger partial charge is 0.377 e. The van der Waals surface area contributed by atoms with Crippen LogP contribution in [0.25, 0.3) is 0 Å². The molecule has 0 bridgehead atoms. The zero-order valence-electron chi connectivity index (χ0n) is 13.8. The minimum Gasteiger partial charge on any atom is -0.377 e. The van der Waals surface area contributed by atoms with Crippen molar-refractivity contribution in [3.63, 3.8) is 0 Å². The van der Waals surface area contributed by atoms with Crippen LogP contribution >= 0.6 is 0 Å². The molecule has 2 aliphatic carbocycles. The summed E-state index contributed by atoms with van der Waals surface area (Å²) < 4.78 is 5.94. The van der Waals surface area contributed by atoms with Gasteiger partial charge in [-0.25, -0.2) is 0 Å². The number of fused-ring (bicyclic) bond motifs is 2. The average molecular weight is 292 g/mol. The minimum atomic E-state index is -0.0321. The topological polar surface area (TPSA) is 38.5 Å². The number of hydrogen-bond donors (Lipinski definition) is 1. The van der Waals surface area contributed by atoms with Gasteiger partial charge in [0.25, 0.3) is 0 Å². The Hall–Kier alpha value is -0.120. The van der Waals surface area contributed by atoms with Crippen LogP contribution in [0.1, 0.15) is 52.4 Å². The molecule has 2 aliphatic heterocycles. The van der Waals surface area contributed by atoms with Crippen molar-refractivity contribution in [1.29, 1.82) is 0 Å². The van der Waals surface area contributed by atoms with Crippen molar-refractivity contribution in [3.05, 3.63) is 0 Å². The number of nitrogens with zero attached hydrogens (tertiary/aromatic N) is 1. The number of rotatable bonds is 2. The molecule has 0 aromatic heterocycles. The van der Waals surface area contributed by atoms with Crippen LogP contribution in [0.3, 0.4) is 0 Å². The lowest BCUT2D eigenvalue weighted by Gasteiger charge is -2.64. The third-order valence-corrected chi connectivity index (χ3v) is 7.52. The Kier molecular flexibility index (Phi) is 3.40. The van der Waals surface area contributed by atoms with E-state index in [0.29, 0.717) is 12.0 Å². The van der Waals surface area contributed by atoms with Crippen LogP contribution < -0.4 is 5.73 Å². The average Bonchev–Trinajstić information content (AvgIpc) is 2.96. The second-order valence-electron chi connectivity index (χ2n) is 8.78. The maximum absolute atomic E-state index is 6.94. The fraction of sp³-hybridized carbons (Fsp3) is 1.00. The van der Waals surface area contributed by atoms with E-state index in [9.17, 15) is 0 Å². The van der Waals surface area contributed by atoms with Gasteiger partial charge >= 0.3 is 0 Å². The molecule has 120 valence electrons. The first kappa shape index (κ1) is 14.5. The molecule has 4 rings (SSSR count). The summed E-state index contributed by atoms with van der Waals surface area (Å²) in [6.07, 6.45) is 8.85. The molecule has 4 aliphatic rings. The maximum Gasteiger partial charge on any atom is 0.0691 e. The first-order valence-corrected chi connectivity index (χ1v) is 9.15. The molecular formula is C18H32N2O. The summed E-state index contributed by atoms with van der Waals surface area (Å²) in [5, 5.41) is 0. The van der Waals surface area contributed by atoms with Crippen LogP contribution in [0.2, 0.25) is 0 Å². The van der Waals surface area contributed by atoms with Crippen molar-refractivity contribution in [1.82, 2.24) is 4.90 Å². The van der Waals surface area contributed by atoms with Crippen LogP contribution in [0, 0.1) is 23.2 Å². The van der Waals surface area contributed by atoms with Crippen LogP contribution in [0.15, 0.2) is 0 Å². The smallest absolute Gasteiger partial charge is 0.0691 e. The van der Waals surface area contributed by atoms with Gasteiger partial charge in [0.15, 0.2) is 0 Å². The van der Waals surface area contributed by atoms with E-state index >= 15 is 0 Å². The molecule has 0 aromatic carbocycles. The van der Waals surface area contributed by atoms with E-state index in [1.807, 2.05) is 0 Å². The van der Waals surface area contributed by atoms with Crippen LogP contribution in [0.5, 0.6) is 0 Å². The van der Waals surface area contributed by atoms with Crippen molar-refractivity contribution in [2.45, 2.75) is 64.0 Å². The summed E-state index contributed by atoms with van der Waals surface area (Å²) in [4.78, 5) is 2.70. The van der Waals surface area contributed by atoms with E-state index in [-0.39, 0.29) is 11.0 Å². The second-order valence-corrected chi connectivity index (χ2v) is 8.78. The zero-order valence-corrected chi connectivity index (χ0v) is 13.8. The lowest BCUT2D eigenvalue weighted by atomic mass is 9.48. The Bertz CT molecular complexity index is 410. The molecule has 5 atom stereocenters. The van der Waals surface area contributed by atoms with Gasteiger partial charge in [-0.3, -0.25) is 0 Å². The first-order valence-electron chi connectivity index (χ1n) is 9.15. The van der Waals surface area contributed by atoms with Crippen LogP contribution in [-0.4, -0.2) is 42.8 Å². The first-order chi connectivity index (χ1) is 10.0. The van der Waals surface area contributed by atoms with E-state index in [1.165, 1.54) is 51.6 Å². The lowest BCUT2D eigenvalue weighted by molar-refractivity contribution is -0.165. The monoisotopic (exact) mass is 292 g/mol. The number of ether oxygens (including phenoxy) is 1. The Morgan fingerprint density at radius 1 is 1.10 bits per heavy atom. The summed E-state index contributed by atoms with van der Waals surface area (Å²) in [6, 6.07) is 0. The molecule has 4 fully saturated rings. The molecule has 2 saturated carbocycles. The maximum atomic E-state index is 6.94. The molecule has 3 heteroatoms. The Morgan fingerprint density at radius 2 is 1.86 bits per heavy atom. The van der Waals surface area contributed by atoms with Crippen LogP contribution in [0.4, 0.5) is 0 Å². The van der Waals surface area contributed by atoms with E-state index < -0.39 is 0 Å². The van der Waals surface area contributed by atoms with E-state index in [0.717, 1.165) is 25.0 Å². The van der Waals surface area contributed by atoms with Gasteiger partial charge in [-0.05, 0) is 37.6 Å². The SMILES string of the molecule is CC1(C)C2OCCC2C1(N)CN1CCC2CCCCC2C1. The molecule has 2 heterocycles. The Balaban J connectivity index is 1.44. The molecule has 0 amide bonds. The van der Waals surface area contributed by atoms with E-state index in [4.69, 9.17) is 10.5 Å². The van der Waals surface area contributed by atoms with E-state index in [1.54, 1.807) is 0 Å². The summed E-state index contributed by atoms with van der Waals surface area (Å²) >= 11 is 0. The Morgan fingerprint density at radius 3 is 2.67 bits per heavy atom. The van der Waals surface area contributed by atoms with Gasteiger partial charge in [0.2, 0.25) is 0 Å². The Labute approximate surface area is 129 Å². The van der Waals surface area contributed by atoms with Crippen LogP contribution in [-0.2, 0) is 4.74 Å². The lowest BCUT2D eigenvalue weighted by Crippen LogP contribution is -2.78. The molecule has 3 nitrogen and oxygen atoms in total. The highest BCUT2D eigenvalue weighted by Gasteiger charge is 2.67. The standard InChI is InChI=1S/C18H32N2O/c1-17(2)16-15(8-10-21-16)18(17,19)12-20-9-7-13-5-3-4-6-14(13)11-20/h13-16H,3-12,19H2,1-2H3. The summed E-state index contributed by atoms with van der Waals surface area (Å²) in [6.45, 7) is 9.24. The van der Waals surface area contributed by atoms with Gasteiger partial charge in [0.05, 0.1) is 6.10 Å². The van der Waals surface area contributed by atoms with Crippen molar-refractivity contribution < 1.29 is 4.74 Å². The highest BCUT2D eigenvalue weighted by Crippen LogP contribution is 2.58. The molecule has 0 spiro atoms. The highest BCUT2D eigenvalue weighted by molar-refractivity contribution is 5.21. The third-order valence-electron chi connectivity index (χ3n) is 7.52. The van der Waals surface area contributed by atoms with Gasteiger partial charge in [-0.15, -0.1) is 0 Å². The molecule has 2 N–H and O–H groups in total. The fourth-order valence-electron chi connectivity index (χ4n) is 5.99. The molecule has 0 radical (unpaired) electrons. The number of likely N-dealkylation sites (tertiary alicyclic amines) is 1. The van der Waals surface area contributed by atoms with Crippen molar-refractivity contribution in [3.8, 4) is 0 Å². The van der Waals surface area contributed by atoms with Gasteiger partial charge < -0.3 is 15.4 Å². The zero-order chi connectivity index (χ0) is 14.7. The quantitative estimate of drug-likeness (QED) is 0.850. The van der Waals surface area contributed by atoms with Gasteiger partial charge in [-0.2, -0.15) is 0 Å². The van der Waals surface area contributed by atoms with Crippen molar-refractivity contribution in [2.75, 3.05) is 26.2 Å². The fourth-order valence-corrected chi connectivity index (χ4v) is 5.99. The molecule has 0 aromatic rings. The van der Waals surface area contributed by atoms with E-state index in [2.05, 4.69) is 18.7 Å². The van der Waals surface area contributed by atoms with Crippen molar-refractivity contribution in [2.24, 2.45) is 28.9 Å². The molecule has 2 saturated heterocycles. The third kappa shape index (κ3) is 2.04. The molecule has 21 heavy (non-hydrogen) atoms. The molecule has 5 unspecified atom stereocenters. The van der Waals surface area contributed by atoms with Gasteiger partial charge in [0.1, 0.15) is 0 Å². The summed E-state index contributed by atoms with van der Waals surface area (Å²) in [5.41, 5.74) is 7.05. The molecular weight excluding hydrogens is 260 g/mol. The van der Waals surface area contributed by atoms with Crippen molar-refractivity contribution >= 4 is 0 Å². The normalized spacial score (nSPS) is 49.3. The summed E-state index contributed by atoms with van der Waals surface area (Å²) in [7, 11) is 0. The van der Waals surface area contributed by atoms with Gasteiger partial charge in [-0.1, -0.05) is 33.1 Å². The highest BCUT2D eigenvalue weighted by atomic mass is 16.5. The number of nitrogens with two attached hydrogens (primary N) is 1.